The summed E-state index contributed by atoms with van der Waals surface area (Å²) in [5.41, 5.74) is 1.13. The summed E-state index contributed by atoms with van der Waals surface area (Å²) in [6, 6.07) is 13.1. The number of halogens is 1. The van der Waals surface area contributed by atoms with E-state index in [-0.39, 0.29) is 35.2 Å². The maximum Gasteiger partial charge on any atom is 0.338 e. The van der Waals surface area contributed by atoms with E-state index in [2.05, 4.69) is 27.4 Å². The molecule has 2 N–H and O–H groups in total. The van der Waals surface area contributed by atoms with Crippen LogP contribution in [-0.4, -0.2) is 44.4 Å². The van der Waals surface area contributed by atoms with Crippen LogP contribution in [0.5, 0.6) is 0 Å². The molecule has 0 saturated heterocycles. The van der Waals surface area contributed by atoms with E-state index in [9.17, 15) is 14.4 Å². The molecule has 0 aliphatic heterocycles. The van der Waals surface area contributed by atoms with Crippen molar-refractivity contribution in [2.75, 3.05) is 11.1 Å². The summed E-state index contributed by atoms with van der Waals surface area (Å²) in [7, 11) is 0. The number of thioether (sulfide) groups is 1. The number of ether oxygens (including phenoxy) is 1. The number of amides is 2. The van der Waals surface area contributed by atoms with Crippen molar-refractivity contribution in [2.24, 2.45) is 5.92 Å². The van der Waals surface area contributed by atoms with Crippen LogP contribution in [0.1, 0.15) is 60.3 Å². The Morgan fingerprint density at radius 2 is 1.79 bits per heavy atom. The van der Waals surface area contributed by atoms with Crippen LogP contribution in [-0.2, 0) is 16.1 Å². The van der Waals surface area contributed by atoms with E-state index in [1.807, 2.05) is 24.5 Å². The van der Waals surface area contributed by atoms with E-state index < -0.39 is 12.0 Å². The molecular weight excluding hydrogens is 538 g/mol. The number of nitrogens with zero attached hydrogens (tertiary/aromatic N) is 3. The minimum absolute atomic E-state index is 0.00892. The first-order valence-electron chi connectivity index (χ1n) is 12.4. The van der Waals surface area contributed by atoms with Crippen molar-refractivity contribution in [3.63, 3.8) is 0 Å². The average molecular weight is 570 g/mol. The number of hydrogen-bond donors (Lipinski definition) is 2. The van der Waals surface area contributed by atoms with Gasteiger partial charge in [0, 0.05) is 12.1 Å². The Bertz CT molecular complexity index is 1330. The first-order valence-corrected chi connectivity index (χ1v) is 13.8. The van der Waals surface area contributed by atoms with Crippen LogP contribution >= 0.6 is 23.4 Å². The maximum absolute atomic E-state index is 12.9. The standard InChI is InChI=1S/C28H32ClN5O4S/c1-6-14-34-25(24(17(2)3)31-26(36)19-10-8-7-9-11-19)32-33-28(34)39-16-23(35)30-22-15-20(12-13-21(22)29)27(37)38-18(4)5/h6-13,15,17-18,24H,1,14,16H2,2-5H3,(H,30,35)(H,31,36). The molecule has 2 aromatic carbocycles. The Morgan fingerprint density at radius 1 is 1.08 bits per heavy atom. The minimum Gasteiger partial charge on any atom is -0.459 e. The molecule has 2 amide bonds. The molecular formula is C28H32ClN5O4S. The van der Waals surface area contributed by atoms with Gasteiger partial charge in [0.15, 0.2) is 11.0 Å². The van der Waals surface area contributed by atoms with Gasteiger partial charge in [0.25, 0.3) is 5.91 Å². The quantitative estimate of drug-likeness (QED) is 0.167. The molecule has 0 fully saturated rings. The van der Waals surface area contributed by atoms with Gasteiger partial charge in [-0.3, -0.25) is 9.59 Å². The van der Waals surface area contributed by atoms with Crippen molar-refractivity contribution in [3.8, 4) is 0 Å². The highest BCUT2D eigenvalue weighted by Crippen LogP contribution is 2.27. The molecule has 0 radical (unpaired) electrons. The van der Waals surface area contributed by atoms with Crippen molar-refractivity contribution >= 4 is 46.8 Å². The molecule has 0 aliphatic carbocycles. The van der Waals surface area contributed by atoms with Gasteiger partial charge in [-0.15, -0.1) is 16.8 Å². The van der Waals surface area contributed by atoms with Crippen LogP contribution in [0.25, 0.3) is 0 Å². The van der Waals surface area contributed by atoms with Gasteiger partial charge in [0.05, 0.1) is 34.2 Å². The van der Waals surface area contributed by atoms with Crippen LogP contribution in [0.15, 0.2) is 66.3 Å². The minimum atomic E-state index is -0.504. The van der Waals surface area contributed by atoms with Gasteiger partial charge in [-0.1, -0.05) is 61.5 Å². The molecule has 0 bridgehead atoms. The summed E-state index contributed by atoms with van der Waals surface area (Å²) in [5.74, 6) is -0.471. The zero-order valence-corrected chi connectivity index (χ0v) is 23.9. The van der Waals surface area contributed by atoms with Crippen molar-refractivity contribution < 1.29 is 19.1 Å². The molecule has 1 unspecified atom stereocenters. The molecule has 0 spiro atoms. The van der Waals surface area contributed by atoms with Crippen LogP contribution in [0.2, 0.25) is 5.02 Å². The third-order valence-corrected chi connectivity index (χ3v) is 6.77. The number of aromatic nitrogens is 3. The second kappa shape index (κ2) is 14.0. The number of carbonyl (C=O) groups is 3. The molecule has 0 aliphatic rings. The highest BCUT2D eigenvalue weighted by atomic mass is 35.5. The second-order valence-electron chi connectivity index (χ2n) is 9.29. The molecule has 3 aromatic rings. The smallest absolute Gasteiger partial charge is 0.338 e. The summed E-state index contributed by atoms with van der Waals surface area (Å²) in [5, 5.41) is 15.2. The molecule has 11 heteroatoms. The predicted molar refractivity (Wildman–Crippen MR) is 153 cm³/mol. The van der Waals surface area contributed by atoms with Crippen LogP contribution in [0, 0.1) is 5.92 Å². The number of anilines is 1. The predicted octanol–water partition coefficient (Wildman–Crippen LogP) is 5.54. The molecule has 1 aromatic heterocycles. The molecule has 0 saturated carbocycles. The van der Waals surface area contributed by atoms with Crippen molar-refractivity contribution in [2.45, 2.75) is 51.5 Å². The Kier molecular flexibility index (Phi) is 10.7. The third-order valence-electron chi connectivity index (χ3n) is 5.48. The lowest BCUT2D eigenvalue weighted by molar-refractivity contribution is -0.113. The number of allylic oxidation sites excluding steroid dienone is 1. The zero-order valence-electron chi connectivity index (χ0n) is 22.3. The average Bonchev–Trinajstić information content (AvgIpc) is 3.29. The summed E-state index contributed by atoms with van der Waals surface area (Å²) in [4.78, 5) is 37.9. The Labute approximate surface area is 237 Å². The Morgan fingerprint density at radius 3 is 2.44 bits per heavy atom. The van der Waals surface area contributed by atoms with Gasteiger partial charge in [-0.25, -0.2) is 4.79 Å². The van der Waals surface area contributed by atoms with Crippen LogP contribution in [0.4, 0.5) is 5.69 Å². The van der Waals surface area contributed by atoms with E-state index in [0.29, 0.717) is 33.8 Å². The van der Waals surface area contributed by atoms with E-state index in [4.69, 9.17) is 16.3 Å². The molecule has 3 rings (SSSR count). The molecule has 1 heterocycles. The molecule has 9 nitrogen and oxygen atoms in total. The summed E-state index contributed by atoms with van der Waals surface area (Å²) in [6.07, 6.45) is 1.43. The monoisotopic (exact) mass is 569 g/mol. The number of esters is 1. The lowest BCUT2D eigenvalue weighted by Crippen LogP contribution is -2.33. The van der Waals surface area contributed by atoms with Gasteiger partial charge >= 0.3 is 5.97 Å². The molecule has 1 atom stereocenters. The highest BCUT2D eigenvalue weighted by molar-refractivity contribution is 7.99. The van der Waals surface area contributed by atoms with Crippen molar-refractivity contribution in [1.29, 1.82) is 0 Å². The number of rotatable bonds is 12. The number of hydrogen-bond acceptors (Lipinski definition) is 7. The second-order valence-corrected chi connectivity index (χ2v) is 10.6. The highest BCUT2D eigenvalue weighted by Gasteiger charge is 2.26. The third kappa shape index (κ3) is 8.18. The largest absolute Gasteiger partial charge is 0.459 e. The Balaban J connectivity index is 1.73. The van der Waals surface area contributed by atoms with E-state index in [1.165, 1.54) is 23.9 Å². The fraction of sp³-hybridized carbons (Fsp3) is 0.321. The van der Waals surface area contributed by atoms with E-state index >= 15 is 0 Å². The van der Waals surface area contributed by atoms with Crippen LogP contribution < -0.4 is 10.6 Å². The lowest BCUT2D eigenvalue weighted by Gasteiger charge is -2.22. The van der Waals surface area contributed by atoms with E-state index in [0.717, 1.165) is 0 Å². The first-order chi connectivity index (χ1) is 18.6. The summed E-state index contributed by atoms with van der Waals surface area (Å²) in [6.45, 7) is 11.7. The molecule has 206 valence electrons. The maximum atomic E-state index is 12.9. The number of benzene rings is 2. The van der Waals surface area contributed by atoms with Crippen molar-refractivity contribution in [3.05, 3.63) is 83.2 Å². The molecule has 39 heavy (non-hydrogen) atoms. The fourth-order valence-corrected chi connectivity index (χ4v) is 4.55. The van der Waals surface area contributed by atoms with Gasteiger partial charge < -0.3 is 19.9 Å². The van der Waals surface area contributed by atoms with Gasteiger partial charge in [-0.2, -0.15) is 0 Å². The van der Waals surface area contributed by atoms with Gasteiger partial charge in [-0.05, 0) is 50.1 Å². The van der Waals surface area contributed by atoms with Gasteiger partial charge in [0.1, 0.15) is 0 Å². The lowest BCUT2D eigenvalue weighted by atomic mass is 10.0. The summed E-state index contributed by atoms with van der Waals surface area (Å²) < 4.78 is 7.04. The summed E-state index contributed by atoms with van der Waals surface area (Å²) >= 11 is 7.43. The Hall–Kier alpha value is -3.63. The normalized spacial score (nSPS) is 11.8. The number of nitrogens with one attached hydrogen (secondary N) is 2. The fourth-order valence-electron chi connectivity index (χ4n) is 3.63. The van der Waals surface area contributed by atoms with Gasteiger partial charge in [0.2, 0.25) is 5.91 Å². The van der Waals surface area contributed by atoms with E-state index in [1.54, 1.807) is 50.3 Å². The topological polar surface area (TPSA) is 115 Å². The zero-order chi connectivity index (χ0) is 28.5. The number of carbonyl (C=O) groups excluding carboxylic acids is 3. The van der Waals surface area contributed by atoms with Crippen molar-refractivity contribution in [1.82, 2.24) is 20.1 Å². The SMILES string of the molecule is C=CCn1c(SCC(=O)Nc2cc(C(=O)OC(C)C)ccc2Cl)nnc1C(NC(=O)c1ccccc1)C(C)C. The first kappa shape index (κ1) is 29.9. The van der Waals surface area contributed by atoms with Crippen LogP contribution in [0.3, 0.4) is 0 Å².